The second-order valence-corrected chi connectivity index (χ2v) is 4.03. The van der Waals surface area contributed by atoms with Crippen molar-refractivity contribution in [1.29, 1.82) is 10.5 Å². The van der Waals surface area contributed by atoms with Crippen LogP contribution in [0.15, 0.2) is 43.0 Å². The predicted octanol–water partition coefficient (Wildman–Crippen LogP) is 3.32. The molecule has 0 saturated heterocycles. The van der Waals surface area contributed by atoms with Gasteiger partial charge in [-0.05, 0) is 41.0 Å². The largest absolute Gasteiger partial charge is 0.398 e. The Balaban J connectivity index is 2.54. The Morgan fingerprint density at radius 1 is 0.947 bits per heavy atom. The minimum Gasteiger partial charge on any atom is -0.398 e. The highest BCUT2D eigenvalue weighted by Gasteiger charge is 2.05. The Morgan fingerprint density at radius 3 is 2.05 bits per heavy atom. The Morgan fingerprint density at radius 2 is 1.53 bits per heavy atom. The number of nitrogens with zero attached hydrogens (tertiary/aromatic N) is 2. The minimum atomic E-state index is 0.449. The van der Waals surface area contributed by atoms with Crippen molar-refractivity contribution in [2.24, 2.45) is 0 Å². The molecular formula is C16H11N3. The van der Waals surface area contributed by atoms with Gasteiger partial charge in [0.2, 0.25) is 0 Å². The van der Waals surface area contributed by atoms with Crippen molar-refractivity contribution in [3.05, 3.63) is 59.7 Å². The molecule has 0 fully saturated rings. The van der Waals surface area contributed by atoms with E-state index in [0.29, 0.717) is 16.8 Å². The number of nitrogen functional groups attached to an aromatic ring is 1. The van der Waals surface area contributed by atoms with E-state index in [1.165, 1.54) is 0 Å². The zero-order chi connectivity index (χ0) is 13.8. The first-order valence-electron chi connectivity index (χ1n) is 5.66. The maximum Gasteiger partial charge on any atom is 0.101 e. The molecule has 3 nitrogen and oxygen atoms in total. The standard InChI is InChI=1S/C16H11N3/c1-2-11-7-12(3-5-14(11)9-17)13-4-6-15(10-18)16(19)8-13/h2-8H,1,19H2. The van der Waals surface area contributed by atoms with E-state index in [1.54, 1.807) is 24.3 Å². The van der Waals surface area contributed by atoms with Gasteiger partial charge < -0.3 is 5.73 Å². The van der Waals surface area contributed by atoms with Gasteiger partial charge in [-0.2, -0.15) is 10.5 Å². The molecule has 0 aromatic heterocycles. The fourth-order valence-corrected chi connectivity index (χ4v) is 1.86. The highest BCUT2D eigenvalue weighted by Crippen LogP contribution is 2.26. The van der Waals surface area contributed by atoms with Crippen molar-refractivity contribution in [3.63, 3.8) is 0 Å². The molecule has 0 atom stereocenters. The summed E-state index contributed by atoms with van der Waals surface area (Å²) in [6.07, 6.45) is 1.65. The molecular weight excluding hydrogens is 234 g/mol. The molecule has 90 valence electrons. The molecule has 0 heterocycles. The lowest BCUT2D eigenvalue weighted by molar-refractivity contribution is 1.46. The first kappa shape index (κ1) is 12.4. The first-order valence-corrected chi connectivity index (χ1v) is 5.66. The molecule has 0 saturated carbocycles. The molecule has 0 amide bonds. The summed E-state index contributed by atoms with van der Waals surface area (Å²) in [6.45, 7) is 3.70. The maximum absolute atomic E-state index is 8.97. The van der Waals surface area contributed by atoms with Crippen LogP contribution in [0, 0.1) is 22.7 Å². The van der Waals surface area contributed by atoms with E-state index in [-0.39, 0.29) is 0 Å². The highest BCUT2D eigenvalue weighted by molar-refractivity contribution is 5.74. The lowest BCUT2D eigenvalue weighted by atomic mass is 9.98. The van der Waals surface area contributed by atoms with Gasteiger partial charge in [0.25, 0.3) is 0 Å². The van der Waals surface area contributed by atoms with Gasteiger partial charge in [-0.15, -0.1) is 0 Å². The van der Waals surface area contributed by atoms with Crippen molar-refractivity contribution < 1.29 is 0 Å². The Bertz CT molecular complexity index is 731. The van der Waals surface area contributed by atoms with Gasteiger partial charge in [0.05, 0.1) is 22.9 Å². The smallest absolute Gasteiger partial charge is 0.101 e. The van der Waals surface area contributed by atoms with Gasteiger partial charge in [0.15, 0.2) is 0 Å². The quantitative estimate of drug-likeness (QED) is 0.825. The summed E-state index contributed by atoms with van der Waals surface area (Å²) < 4.78 is 0. The van der Waals surface area contributed by atoms with Crippen LogP contribution >= 0.6 is 0 Å². The van der Waals surface area contributed by atoms with Crippen LogP contribution in [0.2, 0.25) is 0 Å². The monoisotopic (exact) mass is 245 g/mol. The van der Waals surface area contributed by atoms with Gasteiger partial charge in [-0.1, -0.05) is 24.8 Å². The summed E-state index contributed by atoms with van der Waals surface area (Å²) in [6, 6.07) is 14.9. The molecule has 0 unspecified atom stereocenters. The molecule has 2 rings (SSSR count). The fraction of sp³-hybridized carbons (Fsp3) is 0. The Labute approximate surface area is 111 Å². The molecule has 0 aliphatic carbocycles. The maximum atomic E-state index is 8.97. The molecule has 2 N–H and O–H groups in total. The van der Waals surface area contributed by atoms with E-state index in [1.807, 2.05) is 24.3 Å². The third-order valence-corrected chi connectivity index (χ3v) is 2.90. The van der Waals surface area contributed by atoms with Crippen LogP contribution in [-0.4, -0.2) is 0 Å². The summed E-state index contributed by atoms with van der Waals surface area (Å²) in [4.78, 5) is 0. The summed E-state index contributed by atoms with van der Waals surface area (Å²) >= 11 is 0. The predicted molar refractivity (Wildman–Crippen MR) is 75.8 cm³/mol. The lowest BCUT2D eigenvalue weighted by Crippen LogP contribution is -1.91. The topological polar surface area (TPSA) is 73.6 Å². The van der Waals surface area contributed by atoms with Gasteiger partial charge in [0.1, 0.15) is 6.07 Å². The van der Waals surface area contributed by atoms with E-state index in [0.717, 1.165) is 16.7 Å². The van der Waals surface area contributed by atoms with Crippen LogP contribution < -0.4 is 5.73 Å². The Kier molecular flexibility index (Phi) is 3.32. The SMILES string of the molecule is C=Cc1cc(-c2ccc(C#N)c(N)c2)ccc1C#N. The van der Waals surface area contributed by atoms with E-state index < -0.39 is 0 Å². The van der Waals surface area contributed by atoms with Gasteiger partial charge in [-0.25, -0.2) is 0 Å². The van der Waals surface area contributed by atoms with Crippen molar-refractivity contribution in [3.8, 4) is 23.3 Å². The van der Waals surface area contributed by atoms with E-state index >= 15 is 0 Å². The van der Waals surface area contributed by atoms with Crippen molar-refractivity contribution in [1.82, 2.24) is 0 Å². The molecule has 0 aliphatic heterocycles. The number of rotatable bonds is 2. The first-order chi connectivity index (χ1) is 9.19. The van der Waals surface area contributed by atoms with Crippen LogP contribution in [0.5, 0.6) is 0 Å². The van der Waals surface area contributed by atoms with Crippen molar-refractivity contribution in [2.45, 2.75) is 0 Å². The normalized spacial score (nSPS) is 9.37. The lowest BCUT2D eigenvalue weighted by Gasteiger charge is -2.06. The number of hydrogen-bond donors (Lipinski definition) is 1. The number of benzene rings is 2. The van der Waals surface area contributed by atoms with E-state index in [4.69, 9.17) is 16.3 Å². The van der Waals surface area contributed by atoms with Crippen molar-refractivity contribution >= 4 is 11.8 Å². The Hall–Kier alpha value is -3.04. The van der Waals surface area contributed by atoms with E-state index in [9.17, 15) is 0 Å². The van der Waals surface area contributed by atoms with E-state index in [2.05, 4.69) is 12.6 Å². The third kappa shape index (κ3) is 2.31. The minimum absolute atomic E-state index is 0.449. The number of nitrogens with two attached hydrogens (primary N) is 1. The van der Waals surface area contributed by atoms with Gasteiger partial charge in [-0.3, -0.25) is 0 Å². The molecule has 3 heteroatoms. The van der Waals surface area contributed by atoms with Crippen LogP contribution in [0.3, 0.4) is 0 Å². The van der Waals surface area contributed by atoms with Gasteiger partial charge >= 0.3 is 0 Å². The van der Waals surface area contributed by atoms with Crippen LogP contribution in [-0.2, 0) is 0 Å². The van der Waals surface area contributed by atoms with Crippen LogP contribution in [0.4, 0.5) is 5.69 Å². The van der Waals surface area contributed by atoms with Crippen molar-refractivity contribution in [2.75, 3.05) is 5.73 Å². The molecule has 19 heavy (non-hydrogen) atoms. The molecule has 2 aromatic rings. The van der Waals surface area contributed by atoms with Crippen LogP contribution in [0.1, 0.15) is 16.7 Å². The summed E-state index contributed by atoms with van der Waals surface area (Å²) in [5.74, 6) is 0. The fourth-order valence-electron chi connectivity index (χ4n) is 1.86. The summed E-state index contributed by atoms with van der Waals surface area (Å²) in [7, 11) is 0. The summed E-state index contributed by atoms with van der Waals surface area (Å²) in [5.41, 5.74) is 9.92. The number of anilines is 1. The summed E-state index contributed by atoms with van der Waals surface area (Å²) in [5, 5.41) is 17.8. The second-order valence-electron chi connectivity index (χ2n) is 4.03. The zero-order valence-corrected chi connectivity index (χ0v) is 10.2. The molecule has 0 bridgehead atoms. The highest BCUT2D eigenvalue weighted by atomic mass is 14.6. The molecule has 0 aliphatic rings. The molecule has 0 spiro atoms. The van der Waals surface area contributed by atoms with Crippen LogP contribution in [0.25, 0.3) is 17.2 Å². The average Bonchev–Trinajstić information content (AvgIpc) is 2.46. The number of nitriles is 2. The molecule has 2 aromatic carbocycles. The van der Waals surface area contributed by atoms with Gasteiger partial charge in [0, 0.05) is 0 Å². The molecule has 0 radical (unpaired) electrons. The number of hydrogen-bond acceptors (Lipinski definition) is 3. The zero-order valence-electron chi connectivity index (χ0n) is 10.2. The average molecular weight is 245 g/mol. The second kappa shape index (κ2) is 5.08. The third-order valence-electron chi connectivity index (χ3n) is 2.90.